The van der Waals surface area contributed by atoms with Crippen molar-refractivity contribution >= 4 is 23.6 Å². The Balaban J connectivity index is 2.64. The second kappa shape index (κ2) is 6.32. The molecule has 0 radical (unpaired) electrons. The second-order valence-corrected chi connectivity index (χ2v) is 6.58. The van der Waals surface area contributed by atoms with Gasteiger partial charge in [0.1, 0.15) is 5.76 Å². The number of carbonyl (C=O) groups is 1. The van der Waals surface area contributed by atoms with Crippen molar-refractivity contribution in [2.24, 2.45) is 0 Å². The molecule has 1 heterocycles. The fraction of sp³-hybridized carbons (Fsp3) is 0.692. The predicted octanol–water partition coefficient (Wildman–Crippen LogP) is 3.19. The van der Waals surface area contributed by atoms with Gasteiger partial charge >= 0.3 is 6.03 Å². The van der Waals surface area contributed by atoms with E-state index >= 15 is 0 Å². The normalized spacial score (nSPS) is 13.2. The van der Waals surface area contributed by atoms with Crippen LogP contribution in [-0.4, -0.2) is 41.2 Å². The van der Waals surface area contributed by atoms with Crippen molar-refractivity contribution in [3.05, 3.63) is 11.8 Å². The number of nitrogens with zero attached hydrogens (tertiary/aromatic N) is 2. The van der Waals surface area contributed by atoms with E-state index in [0.717, 1.165) is 11.5 Å². The van der Waals surface area contributed by atoms with Crippen molar-refractivity contribution in [2.45, 2.75) is 39.2 Å². The molecule has 1 atom stereocenters. The number of thioether (sulfide) groups is 1. The Labute approximate surface area is 119 Å². The molecule has 0 unspecified atom stereocenters. The van der Waals surface area contributed by atoms with Crippen LogP contribution >= 0.6 is 11.8 Å². The number of hydrogen-bond acceptors (Lipinski definition) is 4. The van der Waals surface area contributed by atoms with Crippen molar-refractivity contribution in [3.8, 4) is 0 Å². The Morgan fingerprint density at radius 1 is 1.58 bits per heavy atom. The number of hydrogen-bond donors (Lipinski definition) is 1. The quantitative estimate of drug-likeness (QED) is 0.923. The minimum Gasteiger partial charge on any atom is -0.359 e. The maximum Gasteiger partial charge on any atom is 0.323 e. The molecule has 0 saturated heterocycles. The van der Waals surface area contributed by atoms with E-state index in [4.69, 9.17) is 4.52 Å². The third kappa shape index (κ3) is 4.45. The fourth-order valence-corrected chi connectivity index (χ4v) is 2.14. The highest BCUT2D eigenvalue weighted by atomic mass is 32.2. The first-order valence-corrected chi connectivity index (χ1v) is 7.65. The lowest BCUT2D eigenvalue weighted by atomic mass is 9.93. The third-order valence-corrected chi connectivity index (χ3v) is 3.69. The molecular weight excluding hydrogens is 262 g/mol. The molecule has 0 saturated carbocycles. The Morgan fingerprint density at radius 3 is 2.68 bits per heavy atom. The summed E-state index contributed by atoms with van der Waals surface area (Å²) in [5.74, 6) is 2.11. The number of anilines is 1. The maximum atomic E-state index is 12.0. The average Bonchev–Trinajstić information content (AvgIpc) is 2.76. The van der Waals surface area contributed by atoms with Gasteiger partial charge in [-0.25, -0.2) is 4.79 Å². The van der Waals surface area contributed by atoms with E-state index in [1.165, 1.54) is 0 Å². The van der Waals surface area contributed by atoms with E-state index in [0.29, 0.717) is 5.82 Å². The molecule has 1 N–H and O–H groups in total. The summed E-state index contributed by atoms with van der Waals surface area (Å²) in [5, 5.41) is 6.62. The van der Waals surface area contributed by atoms with Crippen LogP contribution in [0.4, 0.5) is 10.6 Å². The summed E-state index contributed by atoms with van der Waals surface area (Å²) in [6, 6.07) is 1.77. The molecule has 0 fully saturated rings. The number of rotatable bonds is 4. The largest absolute Gasteiger partial charge is 0.359 e. The first-order chi connectivity index (χ1) is 8.75. The minimum atomic E-state index is -0.171. The molecule has 6 heteroatoms. The lowest BCUT2D eigenvalue weighted by Gasteiger charge is -2.23. The minimum absolute atomic E-state index is 0.117. The Bertz CT molecular complexity index is 426. The molecular formula is C13H23N3O2S. The monoisotopic (exact) mass is 285 g/mol. The van der Waals surface area contributed by atoms with Crippen LogP contribution in [0.5, 0.6) is 0 Å². The molecule has 1 aromatic rings. The highest BCUT2D eigenvalue weighted by molar-refractivity contribution is 7.98. The molecule has 0 aromatic carbocycles. The summed E-state index contributed by atoms with van der Waals surface area (Å²) in [5.41, 5.74) is -0.117. The maximum absolute atomic E-state index is 12.0. The van der Waals surface area contributed by atoms with Crippen molar-refractivity contribution in [2.75, 3.05) is 24.4 Å². The van der Waals surface area contributed by atoms with Gasteiger partial charge in [-0.15, -0.1) is 0 Å². The molecule has 1 aromatic heterocycles. The molecule has 2 amide bonds. The van der Waals surface area contributed by atoms with E-state index in [-0.39, 0.29) is 17.5 Å². The Morgan fingerprint density at radius 2 is 2.21 bits per heavy atom. The van der Waals surface area contributed by atoms with Gasteiger partial charge in [0.2, 0.25) is 0 Å². The van der Waals surface area contributed by atoms with Gasteiger partial charge in [0, 0.05) is 30.3 Å². The highest BCUT2D eigenvalue weighted by Gasteiger charge is 2.21. The first kappa shape index (κ1) is 15.9. The lowest BCUT2D eigenvalue weighted by Crippen LogP contribution is -2.39. The fourth-order valence-electron chi connectivity index (χ4n) is 1.44. The Hall–Kier alpha value is -1.17. The van der Waals surface area contributed by atoms with Crippen LogP contribution in [0.15, 0.2) is 10.6 Å². The molecule has 1 rings (SSSR count). The molecule has 0 aliphatic carbocycles. The van der Waals surface area contributed by atoms with E-state index in [1.54, 1.807) is 29.8 Å². The highest BCUT2D eigenvalue weighted by Crippen LogP contribution is 2.24. The molecule has 0 spiro atoms. The molecule has 5 nitrogen and oxygen atoms in total. The van der Waals surface area contributed by atoms with Crippen LogP contribution in [0, 0.1) is 0 Å². The zero-order valence-electron chi connectivity index (χ0n) is 12.5. The van der Waals surface area contributed by atoms with Gasteiger partial charge in [0.25, 0.3) is 0 Å². The number of carbonyl (C=O) groups excluding carboxylic acids is 1. The van der Waals surface area contributed by atoms with Gasteiger partial charge in [-0.3, -0.25) is 5.32 Å². The number of aromatic nitrogens is 1. The van der Waals surface area contributed by atoms with Crippen LogP contribution < -0.4 is 5.32 Å². The van der Waals surface area contributed by atoms with Crippen molar-refractivity contribution < 1.29 is 9.32 Å². The van der Waals surface area contributed by atoms with Crippen LogP contribution in [0.25, 0.3) is 0 Å². The van der Waals surface area contributed by atoms with Gasteiger partial charge in [0.15, 0.2) is 5.82 Å². The predicted molar refractivity (Wildman–Crippen MR) is 79.8 cm³/mol. The van der Waals surface area contributed by atoms with Gasteiger partial charge < -0.3 is 9.42 Å². The van der Waals surface area contributed by atoms with E-state index < -0.39 is 0 Å². The van der Waals surface area contributed by atoms with Crippen LogP contribution in [0.3, 0.4) is 0 Å². The zero-order chi connectivity index (χ0) is 14.6. The standard InChI is InChI=1S/C13H23N3O2S/c1-9(8-19-6)16(5)12(17)14-11-7-10(18-15-11)13(2,3)4/h7,9H,8H2,1-6H3,(H,14,15,17)/t9-/m1/s1. The van der Waals surface area contributed by atoms with Gasteiger partial charge in [0.05, 0.1) is 0 Å². The van der Waals surface area contributed by atoms with Crippen molar-refractivity contribution in [3.63, 3.8) is 0 Å². The molecule has 0 aliphatic heterocycles. The third-order valence-electron chi connectivity index (χ3n) is 2.87. The average molecular weight is 285 g/mol. The zero-order valence-corrected chi connectivity index (χ0v) is 13.3. The molecule has 0 bridgehead atoms. The van der Waals surface area contributed by atoms with Crippen LogP contribution in [0.1, 0.15) is 33.5 Å². The summed E-state index contributed by atoms with van der Waals surface area (Å²) in [6.07, 6.45) is 2.02. The van der Waals surface area contributed by atoms with Gasteiger partial charge in [-0.2, -0.15) is 11.8 Å². The molecule has 0 aliphatic rings. The second-order valence-electron chi connectivity index (χ2n) is 5.67. The number of amides is 2. The summed E-state index contributed by atoms with van der Waals surface area (Å²) in [7, 11) is 1.78. The lowest BCUT2D eigenvalue weighted by molar-refractivity contribution is 0.212. The summed E-state index contributed by atoms with van der Waals surface area (Å²) in [4.78, 5) is 13.7. The topological polar surface area (TPSA) is 58.4 Å². The van der Waals surface area contributed by atoms with E-state index in [2.05, 4.69) is 10.5 Å². The van der Waals surface area contributed by atoms with Crippen molar-refractivity contribution in [1.29, 1.82) is 0 Å². The van der Waals surface area contributed by atoms with Crippen LogP contribution in [0.2, 0.25) is 0 Å². The summed E-state index contributed by atoms with van der Waals surface area (Å²) < 4.78 is 5.23. The molecule has 108 valence electrons. The smallest absolute Gasteiger partial charge is 0.323 e. The number of nitrogens with one attached hydrogen (secondary N) is 1. The SMILES string of the molecule is CSC[C@@H](C)N(C)C(=O)Nc1cc(C(C)(C)C)on1. The van der Waals surface area contributed by atoms with Crippen LogP contribution in [-0.2, 0) is 5.41 Å². The van der Waals surface area contributed by atoms with E-state index in [9.17, 15) is 4.79 Å². The van der Waals surface area contributed by atoms with Gasteiger partial charge in [-0.05, 0) is 13.2 Å². The van der Waals surface area contributed by atoms with Crippen molar-refractivity contribution in [1.82, 2.24) is 10.1 Å². The Kier molecular flexibility index (Phi) is 5.29. The van der Waals surface area contributed by atoms with Gasteiger partial charge in [-0.1, -0.05) is 25.9 Å². The number of urea groups is 1. The van der Waals surface area contributed by atoms with E-state index in [1.807, 2.05) is 34.0 Å². The molecule has 19 heavy (non-hydrogen) atoms. The summed E-state index contributed by atoms with van der Waals surface area (Å²) >= 11 is 1.71. The first-order valence-electron chi connectivity index (χ1n) is 6.25. The summed E-state index contributed by atoms with van der Waals surface area (Å²) in [6.45, 7) is 8.11.